The largest absolute Gasteiger partial charge is 0.441 e. The van der Waals surface area contributed by atoms with Gasteiger partial charge in [-0.25, -0.2) is 4.98 Å². The van der Waals surface area contributed by atoms with Crippen molar-refractivity contribution in [3.8, 4) is 11.3 Å². The Kier molecular flexibility index (Phi) is 1.90. The van der Waals surface area contributed by atoms with Crippen LogP contribution in [0, 0.1) is 6.92 Å². The maximum atomic E-state index is 5.67. The molecular weight excluding hydrogens is 222 g/mol. The second-order valence-corrected chi connectivity index (χ2v) is 4.86. The summed E-state index contributed by atoms with van der Waals surface area (Å²) in [4.78, 5) is 4.19. The van der Waals surface area contributed by atoms with E-state index in [1.54, 1.807) is 0 Å². The summed E-state index contributed by atoms with van der Waals surface area (Å²) in [6.45, 7) is 1.88. The minimum atomic E-state index is 0.716. The van der Waals surface area contributed by atoms with Crippen molar-refractivity contribution in [3.63, 3.8) is 0 Å². The Labute approximate surface area is 105 Å². The van der Waals surface area contributed by atoms with Crippen LogP contribution >= 0.6 is 0 Å². The van der Waals surface area contributed by atoms with Crippen molar-refractivity contribution < 1.29 is 4.42 Å². The van der Waals surface area contributed by atoms with Gasteiger partial charge in [-0.05, 0) is 34.7 Å². The third-order valence-corrected chi connectivity index (χ3v) is 3.76. The topological polar surface area (TPSA) is 26.0 Å². The zero-order valence-electron chi connectivity index (χ0n) is 10.2. The molecule has 0 saturated heterocycles. The maximum absolute atomic E-state index is 5.67. The fourth-order valence-corrected chi connectivity index (χ4v) is 2.95. The Morgan fingerprint density at radius 1 is 1.06 bits per heavy atom. The van der Waals surface area contributed by atoms with Crippen LogP contribution in [0.15, 0.2) is 40.9 Å². The molecule has 0 radical (unpaired) electrons. The molecule has 1 aliphatic rings. The number of aryl methyl sites for hydroxylation is 3. The van der Waals surface area contributed by atoms with Gasteiger partial charge in [0.25, 0.3) is 0 Å². The van der Waals surface area contributed by atoms with E-state index in [9.17, 15) is 0 Å². The molecule has 0 bridgehead atoms. The molecule has 0 spiro atoms. The monoisotopic (exact) mass is 235 g/mol. The first-order chi connectivity index (χ1) is 8.83. The number of benzene rings is 2. The van der Waals surface area contributed by atoms with Crippen LogP contribution in [-0.4, -0.2) is 4.98 Å². The Bertz CT molecular complexity index is 745. The molecule has 1 aromatic heterocycles. The third kappa shape index (κ3) is 1.26. The van der Waals surface area contributed by atoms with Gasteiger partial charge < -0.3 is 4.42 Å². The van der Waals surface area contributed by atoms with Crippen LogP contribution in [0.25, 0.3) is 22.1 Å². The second kappa shape index (κ2) is 3.45. The second-order valence-electron chi connectivity index (χ2n) is 4.86. The van der Waals surface area contributed by atoms with Gasteiger partial charge in [0, 0.05) is 12.5 Å². The van der Waals surface area contributed by atoms with E-state index in [1.807, 2.05) is 13.1 Å². The fourth-order valence-electron chi connectivity index (χ4n) is 2.95. The van der Waals surface area contributed by atoms with Crippen LogP contribution in [0.3, 0.4) is 0 Å². The van der Waals surface area contributed by atoms with E-state index in [4.69, 9.17) is 4.42 Å². The van der Waals surface area contributed by atoms with Gasteiger partial charge in [-0.15, -0.1) is 0 Å². The molecule has 0 aliphatic heterocycles. The normalized spacial score (nSPS) is 13.4. The van der Waals surface area contributed by atoms with E-state index in [2.05, 4.69) is 35.3 Å². The Morgan fingerprint density at radius 2 is 1.89 bits per heavy atom. The average Bonchev–Trinajstić information content (AvgIpc) is 2.99. The highest BCUT2D eigenvalue weighted by molar-refractivity contribution is 6.00. The molecule has 4 rings (SSSR count). The lowest BCUT2D eigenvalue weighted by Gasteiger charge is -2.06. The Hall–Kier alpha value is -2.09. The molecule has 0 atom stereocenters. The van der Waals surface area contributed by atoms with Crippen molar-refractivity contribution in [2.45, 2.75) is 19.8 Å². The average molecular weight is 235 g/mol. The first-order valence-electron chi connectivity index (χ1n) is 6.29. The van der Waals surface area contributed by atoms with Gasteiger partial charge >= 0.3 is 0 Å². The Balaban J connectivity index is 2.09. The van der Waals surface area contributed by atoms with Gasteiger partial charge in [-0.1, -0.05) is 30.3 Å². The molecule has 2 aromatic carbocycles. The molecule has 1 heterocycles. The minimum Gasteiger partial charge on any atom is -0.441 e. The minimum absolute atomic E-state index is 0.716. The van der Waals surface area contributed by atoms with E-state index in [1.165, 1.54) is 21.9 Å². The number of oxazole rings is 1. The van der Waals surface area contributed by atoms with Gasteiger partial charge in [0.1, 0.15) is 0 Å². The summed E-state index contributed by atoms with van der Waals surface area (Å²) in [6, 6.07) is 10.9. The van der Waals surface area contributed by atoms with Crippen molar-refractivity contribution >= 4 is 10.8 Å². The summed E-state index contributed by atoms with van der Waals surface area (Å²) in [6.07, 6.45) is 4.13. The molecule has 0 amide bonds. The molecule has 18 heavy (non-hydrogen) atoms. The Morgan fingerprint density at radius 3 is 2.67 bits per heavy atom. The van der Waals surface area contributed by atoms with Crippen molar-refractivity contribution in [1.29, 1.82) is 0 Å². The highest BCUT2D eigenvalue weighted by atomic mass is 16.4. The predicted octanol–water partition coefficient (Wildman–Crippen LogP) is 3.90. The molecule has 3 aromatic rings. The fraction of sp³-hybridized carbons (Fsp3) is 0.188. The molecule has 0 fully saturated rings. The van der Waals surface area contributed by atoms with Crippen molar-refractivity contribution in [2.75, 3.05) is 0 Å². The van der Waals surface area contributed by atoms with Crippen molar-refractivity contribution in [2.24, 2.45) is 0 Å². The number of aromatic nitrogens is 1. The summed E-state index contributed by atoms with van der Waals surface area (Å²) in [7, 11) is 0. The summed E-state index contributed by atoms with van der Waals surface area (Å²) in [5, 5.41) is 2.71. The molecular formula is C16H13NO. The van der Waals surface area contributed by atoms with Crippen LogP contribution in [0.2, 0.25) is 0 Å². The standard InChI is InChI=1S/C16H13NO/c1-10-17-9-15(18-10)13-8-7-12-6-5-11-3-2-4-14(13)16(11)12/h2-4,7-9H,5-6H2,1H3. The number of hydrogen-bond donors (Lipinski definition) is 0. The van der Waals surface area contributed by atoms with E-state index < -0.39 is 0 Å². The molecule has 2 heteroatoms. The van der Waals surface area contributed by atoms with Gasteiger partial charge in [-0.3, -0.25) is 0 Å². The third-order valence-electron chi connectivity index (χ3n) is 3.76. The number of hydrogen-bond acceptors (Lipinski definition) is 2. The first-order valence-corrected chi connectivity index (χ1v) is 6.29. The first kappa shape index (κ1) is 9.89. The summed E-state index contributed by atoms with van der Waals surface area (Å²) >= 11 is 0. The van der Waals surface area contributed by atoms with E-state index in [0.717, 1.165) is 24.2 Å². The van der Waals surface area contributed by atoms with Crippen molar-refractivity contribution in [1.82, 2.24) is 4.98 Å². The van der Waals surface area contributed by atoms with Crippen LogP contribution in [-0.2, 0) is 12.8 Å². The van der Waals surface area contributed by atoms with Gasteiger partial charge in [0.15, 0.2) is 11.7 Å². The lowest BCUT2D eigenvalue weighted by Crippen LogP contribution is -1.83. The molecule has 0 unspecified atom stereocenters. The summed E-state index contributed by atoms with van der Waals surface area (Å²) < 4.78 is 5.67. The molecule has 88 valence electrons. The zero-order chi connectivity index (χ0) is 12.1. The lowest BCUT2D eigenvalue weighted by molar-refractivity contribution is 0.535. The molecule has 1 aliphatic carbocycles. The SMILES string of the molecule is Cc1ncc(-c2ccc3c4c(cccc24)CC3)o1. The molecule has 0 saturated carbocycles. The van der Waals surface area contributed by atoms with Crippen LogP contribution in [0.5, 0.6) is 0 Å². The predicted molar refractivity (Wildman–Crippen MR) is 71.6 cm³/mol. The zero-order valence-corrected chi connectivity index (χ0v) is 10.2. The van der Waals surface area contributed by atoms with Crippen LogP contribution in [0.1, 0.15) is 17.0 Å². The number of nitrogens with zero attached hydrogens (tertiary/aromatic N) is 1. The van der Waals surface area contributed by atoms with Gasteiger partial charge in [-0.2, -0.15) is 0 Å². The number of rotatable bonds is 1. The van der Waals surface area contributed by atoms with E-state index >= 15 is 0 Å². The van der Waals surface area contributed by atoms with Crippen LogP contribution < -0.4 is 0 Å². The quantitative estimate of drug-likeness (QED) is 0.639. The van der Waals surface area contributed by atoms with E-state index in [-0.39, 0.29) is 0 Å². The van der Waals surface area contributed by atoms with Gasteiger partial charge in [0.2, 0.25) is 0 Å². The highest BCUT2D eigenvalue weighted by Gasteiger charge is 2.17. The van der Waals surface area contributed by atoms with Crippen molar-refractivity contribution in [3.05, 3.63) is 53.5 Å². The smallest absolute Gasteiger partial charge is 0.191 e. The van der Waals surface area contributed by atoms with E-state index in [0.29, 0.717) is 5.89 Å². The molecule has 2 nitrogen and oxygen atoms in total. The molecule has 0 N–H and O–H groups in total. The maximum Gasteiger partial charge on any atom is 0.191 e. The highest BCUT2D eigenvalue weighted by Crippen LogP contribution is 2.37. The summed E-state index contributed by atoms with van der Waals surface area (Å²) in [5.74, 6) is 1.58. The summed E-state index contributed by atoms with van der Waals surface area (Å²) in [5.41, 5.74) is 4.07. The van der Waals surface area contributed by atoms with Crippen LogP contribution in [0.4, 0.5) is 0 Å². The van der Waals surface area contributed by atoms with Gasteiger partial charge in [0.05, 0.1) is 6.20 Å². The lowest BCUT2D eigenvalue weighted by atomic mass is 9.99.